The number of methoxy groups -OCH3 is 1. The fourth-order valence-corrected chi connectivity index (χ4v) is 2.49. The first-order valence-corrected chi connectivity index (χ1v) is 8.03. The van der Waals surface area contributed by atoms with Crippen LogP contribution in [0, 0.1) is 6.92 Å². The zero-order valence-electron chi connectivity index (χ0n) is 13.1. The molecule has 0 bridgehead atoms. The lowest BCUT2D eigenvalue weighted by Crippen LogP contribution is -2.16. The maximum absolute atomic E-state index is 12.3. The van der Waals surface area contributed by atoms with Crippen molar-refractivity contribution < 1.29 is 9.53 Å². The van der Waals surface area contributed by atoms with Crippen LogP contribution in [0.4, 0.5) is 11.6 Å². The van der Waals surface area contributed by atoms with Crippen molar-refractivity contribution in [3.8, 4) is 0 Å². The van der Waals surface area contributed by atoms with Crippen LogP contribution in [0.3, 0.4) is 0 Å². The van der Waals surface area contributed by atoms with Gasteiger partial charge in [-0.3, -0.25) is 4.79 Å². The van der Waals surface area contributed by atoms with E-state index in [9.17, 15) is 4.79 Å². The molecule has 122 valence electrons. The maximum Gasteiger partial charge on any atom is 0.274 e. The van der Waals surface area contributed by atoms with Gasteiger partial charge in [-0.1, -0.05) is 6.07 Å². The van der Waals surface area contributed by atoms with Crippen LogP contribution in [-0.4, -0.2) is 36.1 Å². The third-order valence-corrected chi connectivity index (χ3v) is 3.73. The quantitative estimate of drug-likeness (QED) is 0.723. The topological polar surface area (TPSA) is 76.1 Å². The van der Waals surface area contributed by atoms with Crippen LogP contribution in [0.2, 0.25) is 0 Å². The summed E-state index contributed by atoms with van der Waals surface area (Å²) in [5.41, 5.74) is 2.12. The van der Waals surface area contributed by atoms with E-state index in [4.69, 9.17) is 4.74 Å². The van der Waals surface area contributed by atoms with E-state index in [1.165, 1.54) is 0 Å². The molecular formula is C16H19BrN4O2. The van der Waals surface area contributed by atoms with Gasteiger partial charge in [0.1, 0.15) is 5.69 Å². The molecule has 0 radical (unpaired) electrons. The van der Waals surface area contributed by atoms with Crippen molar-refractivity contribution in [2.45, 2.75) is 13.3 Å². The van der Waals surface area contributed by atoms with Crippen molar-refractivity contribution >= 4 is 33.5 Å². The molecule has 0 saturated heterocycles. The van der Waals surface area contributed by atoms with E-state index in [1.54, 1.807) is 19.4 Å². The summed E-state index contributed by atoms with van der Waals surface area (Å²) in [5.74, 6) is 0.147. The standard InChI is InChI=1S/C16H19BrN4O2/c1-11-4-5-13(12(17)10-11)20-15(22)14-6-8-19-16(21-14)18-7-3-9-23-2/h4-6,8,10H,3,7,9H2,1-2H3,(H,20,22)(H,18,19,21). The highest BCUT2D eigenvalue weighted by atomic mass is 79.9. The molecule has 2 rings (SSSR count). The molecule has 0 atom stereocenters. The van der Waals surface area contributed by atoms with E-state index in [2.05, 4.69) is 36.5 Å². The van der Waals surface area contributed by atoms with Gasteiger partial charge in [0.2, 0.25) is 5.95 Å². The van der Waals surface area contributed by atoms with E-state index < -0.39 is 0 Å². The van der Waals surface area contributed by atoms with E-state index >= 15 is 0 Å². The number of aromatic nitrogens is 2. The number of aryl methyl sites for hydroxylation is 1. The van der Waals surface area contributed by atoms with Gasteiger partial charge in [0, 0.05) is 30.9 Å². The van der Waals surface area contributed by atoms with Gasteiger partial charge in [0.25, 0.3) is 5.91 Å². The highest BCUT2D eigenvalue weighted by molar-refractivity contribution is 9.10. The zero-order chi connectivity index (χ0) is 16.7. The molecule has 0 aliphatic rings. The van der Waals surface area contributed by atoms with E-state index in [0.717, 1.165) is 16.5 Å². The minimum atomic E-state index is -0.281. The Balaban J connectivity index is 2.01. The number of amides is 1. The fraction of sp³-hybridized carbons (Fsp3) is 0.312. The number of benzene rings is 1. The molecule has 6 nitrogen and oxygen atoms in total. The number of hydrogen-bond donors (Lipinski definition) is 2. The van der Waals surface area contributed by atoms with Crippen molar-refractivity contribution in [1.82, 2.24) is 9.97 Å². The van der Waals surface area contributed by atoms with Crippen molar-refractivity contribution in [2.75, 3.05) is 30.9 Å². The predicted molar refractivity (Wildman–Crippen MR) is 93.8 cm³/mol. The molecule has 0 aliphatic heterocycles. The Labute approximate surface area is 143 Å². The van der Waals surface area contributed by atoms with E-state index in [-0.39, 0.29) is 5.91 Å². The first-order valence-electron chi connectivity index (χ1n) is 7.23. The lowest BCUT2D eigenvalue weighted by molar-refractivity contribution is 0.102. The second-order valence-corrected chi connectivity index (χ2v) is 5.83. The van der Waals surface area contributed by atoms with Crippen molar-refractivity contribution in [3.05, 3.63) is 46.2 Å². The third-order valence-electron chi connectivity index (χ3n) is 3.07. The molecule has 1 heterocycles. The molecule has 0 aliphatic carbocycles. The van der Waals surface area contributed by atoms with Gasteiger partial charge in [0.05, 0.1) is 5.69 Å². The highest BCUT2D eigenvalue weighted by Gasteiger charge is 2.11. The second-order valence-electron chi connectivity index (χ2n) is 4.98. The predicted octanol–water partition coefficient (Wildman–Crippen LogP) is 3.25. The van der Waals surface area contributed by atoms with Gasteiger partial charge in [-0.2, -0.15) is 0 Å². The SMILES string of the molecule is COCCCNc1nccc(C(=O)Nc2ccc(C)cc2Br)n1. The number of carbonyl (C=O) groups excluding carboxylic acids is 1. The zero-order valence-corrected chi connectivity index (χ0v) is 14.7. The molecule has 7 heteroatoms. The molecule has 1 amide bonds. The number of nitrogens with one attached hydrogen (secondary N) is 2. The third kappa shape index (κ3) is 5.30. The number of carbonyl (C=O) groups is 1. The molecular weight excluding hydrogens is 360 g/mol. The minimum Gasteiger partial charge on any atom is -0.385 e. The van der Waals surface area contributed by atoms with Gasteiger partial charge in [-0.25, -0.2) is 9.97 Å². The number of nitrogens with zero attached hydrogens (tertiary/aromatic N) is 2. The van der Waals surface area contributed by atoms with Crippen LogP contribution >= 0.6 is 15.9 Å². The number of hydrogen-bond acceptors (Lipinski definition) is 5. The maximum atomic E-state index is 12.3. The first kappa shape index (κ1) is 17.4. The summed E-state index contributed by atoms with van der Waals surface area (Å²) in [7, 11) is 1.66. The Hall–Kier alpha value is -1.99. The molecule has 23 heavy (non-hydrogen) atoms. The Morgan fingerprint density at radius 3 is 2.91 bits per heavy atom. The summed E-state index contributed by atoms with van der Waals surface area (Å²) in [5, 5.41) is 5.90. The average Bonchev–Trinajstić information content (AvgIpc) is 2.54. The highest BCUT2D eigenvalue weighted by Crippen LogP contribution is 2.23. The molecule has 0 spiro atoms. The molecule has 0 fully saturated rings. The number of halogens is 1. The van der Waals surface area contributed by atoms with Crippen LogP contribution in [0.15, 0.2) is 34.9 Å². The number of ether oxygens (including phenoxy) is 1. The minimum absolute atomic E-state index is 0.281. The monoisotopic (exact) mass is 378 g/mol. The van der Waals surface area contributed by atoms with Crippen LogP contribution in [0.1, 0.15) is 22.5 Å². The molecule has 2 aromatic rings. The second kappa shape index (κ2) is 8.59. The lowest BCUT2D eigenvalue weighted by Gasteiger charge is -2.09. The van der Waals surface area contributed by atoms with Gasteiger partial charge in [-0.15, -0.1) is 0 Å². The smallest absolute Gasteiger partial charge is 0.274 e. The van der Waals surface area contributed by atoms with Crippen LogP contribution in [-0.2, 0) is 4.74 Å². The van der Waals surface area contributed by atoms with Crippen molar-refractivity contribution in [1.29, 1.82) is 0 Å². The Morgan fingerprint density at radius 1 is 1.35 bits per heavy atom. The number of anilines is 2. The summed E-state index contributed by atoms with van der Waals surface area (Å²) in [6.45, 7) is 3.33. The summed E-state index contributed by atoms with van der Waals surface area (Å²) in [6.07, 6.45) is 2.40. The van der Waals surface area contributed by atoms with Crippen LogP contribution < -0.4 is 10.6 Å². The lowest BCUT2D eigenvalue weighted by atomic mass is 10.2. The Kier molecular flexibility index (Phi) is 6.49. The van der Waals surface area contributed by atoms with E-state index in [1.807, 2.05) is 25.1 Å². The molecule has 0 unspecified atom stereocenters. The molecule has 2 N–H and O–H groups in total. The van der Waals surface area contributed by atoms with Crippen LogP contribution in [0.5, 0.6) is 0 Å². The summed E-state index contributed by atoms with van der Waals surface area (Å²) >= 11 is 3.44. The van der Waals surface area contributed by atoms with Gasteiger partial charge in [-0.05, 0) is 53.0 Å². The normalized spacial score (nSPS) is 10.4. The van der Waals surface area contributed by atoms with Gasteiger partial charge < -0.3 is 15.4 Å². The van der Waals surface area contributed by atoms with Gasteiger partial charge >= 0.3 is 0 Å². The summed E-state index contributed by atoms with van der Waals surface area (Å²) in [4.78, 5) is 20.6. The summed E-state index contributed by atoms with van der Waals surface area (Å²) < 4.78 is 5.81. The largest absolute Gasteiger partial charge is 0.385 e. The Morgan fingerprint density at radius 2 is 2.17 bits per heavy atom. The van der Waals surface area contributed by atoms with Crippen molar-refractivity contribution in [2.24, 2.45) is 0 Å². The average molecular weight is 379 g/mol. The van der Waals surface area contributed by atoms with Gasteiger partial charge in [0.15, 0.2) is 0 Å². The molecule has 0 saturated carbocycles. The molecule has 1 aromatic carbocycles. The van der Waals surface area contributed by atoms with Crippen molar-refractivity contribution in [3.63, 3.8) is 0 Å². The Bertz CT molecular complexity index is 679. The van der Waals surface area contributed by atoms with E-state index in [0.29, 0.717) is 30.5 Å². The first-order chi connectivity index (χ1) is 11.1. The van der Waals surface area contributed by atoms with Crippen LogP contribution in [0.25, 0.3) is 0 Å². The fourth-order valence-electron chi connectivity index (χ4n) is 1.89. The molecule has 1 aromatic heterocycles. The number of rotatable bonds is 7. The summed E-state index contributed by atoms with van der Waals surface area (Å²) in [6, 6.07) is 7.31.